The lowest BCUT2D eigenvalue weighted by molar-refractivity contribution is -0.384. The molecule has 0 amide bonds. The second-order valence-electron chi connectivity index (χ2n) is 4.87. The van der Waals surface area contributed by atoms with Gasteiger partial charge in [-0.3, -0.25) is 10.1 Å². The van der Waals surface area contributed by atoms with Gasteiger partial charge in [0.2, 0.25) is 0 Å². The van der Waals surface area contributed by atoms with Crippen molar-refractivity contribution in [2.24, 2.45) is 0 Å². The minimum absolute atomic E-state index is 0.00191. The fourth-order valence-electron chi connectivity index (χ4n) is 2.23. The lowest BCUT2D eigenvalue weighted by atomic mass is 10.0. The Morgan fingerprint density at radius 1 is 1.29 bits per heavy atom. The topological polar surface area (TPSA) is 55.2 Å². The molecule has 110 valence electrons. The molecule has 1 atom stereocenters. The van der Waals surface area contributed by atoms with Gasteiger partial charge in [-0.2, -0.15) is 0 Å². The average Bonchev–Trinajstić information content (AvgIpc) is 2.49. The minimum atomic E-state index is -0.374. The molecule has 0 saturated heterocycles. The first-order chi connectivity index (χ1) is 10.0. The summed E-state index contributed by atoms with van der Waals surface area (Å²) in [5.41, 5.74) is 2.92. The van der Waals surface area contributed by atoms with Crippen LogP contribution in [0.25, 0.3) is 0 Å². The molecular formula is C16H17ClN2O2. The molecule has 2 aromatic rings. The second-order valence-corrected chi connectivity index (χ2v) is 5.28. The quantitative estimate of drug-likeness (QED) is 0.616. The maximum Gasteiger partial charge on any atom is 0.269 e. The average molecular weight is 305 g/mol. The van der Waals surface area contributed by atoms with Crippen molar-refractivity contribution in [3.63, 3.8) is 0 Å². The highest BCUT2D eigenvalue weighted by atomic mass is 35.5. The molecule has 1 unspecified atom stereocenters. The normalized spacial score (nSPS) is 12.0. The van der Waals surface area contributed by atoms with Gasteiger partial charge in [-0.15, -0.1) is 0 Å². The molecule has 0 aromatic heterocycles. The second kappa shape index (κ2) is 6.59. The van der Waals surface area contributed by atoms with Crippen molar-refractivity contribution in [3.05, 3.63) is 68.7 Å². The summed E-state index contributed by atoms with van der Waals surface area (Å²) < 4.78 is 0. The summed E-state index contributed by atoms with van der Waals surface area (Å²) in [5, 5.41) is 15.0. The molecule has 0 saturated carbocycles. The van der Waals surface area contributed by atoms with Crippen LogP contribution < -0.4 is 5.32 Å². The van der Waals surface area contributed by atoms with Gasteiger partial charge in [0.05, 0.1) is 11.0 Å². The van der Waals surface area contributed by atoms with Gasteiger partial charge < -0.3 is 5.32 Å². The van der Waals surface area contributed by atoms with Gasteiger partial charge in [0, 0.05) is 22.8 Å². The summed E-state index contributed by atoms with van der Waals surface area (Å²) in [6.07, 6.45) is 0.813. The molecule has 4 nitrogen and oxygen atoms in total. The van der Waals surface area contributed by atoms with E-state index in [1.165, 1.54) is 6.07 Å². The first kappa shape index (κ1) is 15.3. The number of anilines is 1. The first-order valence-corrected chi connectivity index (χ1v) is 7.16. The van der Waals surface area contributed by atoms with Gasteiger partial charge in [-0.25, -0.2) is 0 Å². The molecule has 21 heavy (non-hydrogen) atoms. The molecule has 0 spiro atoms. The lowest BCUT2D eigenvalue weighted by Crippen LogP contribution is -2.11. The van der Waals surface area contributed by atoms with Gasteiger partial charge >= 0.3 is 0 Å². The summed E-state index contributed by atoms with van der Waals surface area (Å²) in [6, 6.07) is 12.4. The zero-order valence-electron chi connectivity index (χ0n) is 12.0. The van der Waals surface area contributed by atoms with E-state index < -0.39 is 0 Å². The smallest absolute Gasteiger partial charge is 0.269 e. The van der Waals surface area contributed by atoms with Gasteiger partial charge in [0.15, 0.2) is 0 Å². The largest absolute Gasteiger partial charge is 0.378 e. The first-order valence-electron chi connectivity index (χ1n) is 6.79. The number of rotatable bonds is 5. The van der Waals surface area contributed by atoms with E-state index in [1.807, 2.05) is 38.1 Å². The predicted octanol–water partition coefficient (Wildman–Crippen LogP) is 5.12. The van der Waals surface area contributed by atoms with E-state index >= 15 is 0 Å². The summed E-state index contributed by atoms with van der Waals surface area (Å²) in [5.74, 6) is 0. The molecule has 0 fully saturated rings. The fourth-order valence-corrected chi connectivity index (χ4v) is 2.40. The minimum Gasteiger partial charge on any atom is -0.378 e. The monoisotopic (exact) mass is 304 g/mol. The molecule has 0 bridgehead atoms. The molecule has 0 heterocycles. The van der Waals surface area contributed by atoms with E-state index in [9.17, 15) is 10.1 Å². The zero-order chi connectivity index (χ0) is 15.4. The van der Waals surface area contributed by atoms with Crippen LogP contribution in [0.2, 0.25) is 5.02 Å². The van der Waals surface area contributed by atoms with Crippen molar-refractivity contribution < 1.29 is 4.92 Å². The van der Waals surface area contributed by atoms with Crippen molar-refractivity contribution in [1.82, 2.24) is 0 Å². The van der Waals surface area contributed by atoms with Gasteiger partial charge in [-0.05, 0) is 36.6 Å². The molecule has 1 N–H and O–H groups in total. The van der Waals surface area contributed by atoms with Crippen molar-refractivity contribution in [2.45, 2.75) is 26.3 Å². The molecule has 0 aliphatic heterocycles. The highest BCUT2D eigenvalue weighted by molar-refractivity contribution is 6.31. The standard InChI is InChI=1S/C16H17ClN2O2/c1-3-15(12-6-4-7-13(10-12)19(20)21)18-16-9-5-8-14(17)11(16)2/h4-10,15,18H,3H2,1-2H3. The third-order valence-corrected chi connectivity index (χ3v) is 3.90. The van der Waals surface area contributed by atoms with Gasteiger partial charge in [0.1, 0.15) is 0 Å². The Bertz CT molecular complexity index is 658. The summed E-state index contributed by atoms with van der Waals surface area (Å²) in [6.45, 7) is 3.99. The number of halogens is 1. The number of nitro benzene ring substituents is 1. The number of hydrogen-bond acceptors (Lipinski definition) is 3. The van der Waals surface area contributed by atoms with Crippen LogP contribution in [-0.2, 0) is 0 Å². The number of nitrogens with one attached hydrogen (secondary N) is 1. The van der Waals surface area contributed by atoms with E-state index in [1.54, 1.807) is 12.1 Å². The van der Waals surface area contributed by atoms with Gasteiger partial charge in [0.25, 0.3) is 5.69 Å². The van der Waals surface area contributed by atoms with Crippen LogP contribution in [0.5, 0.6) is 0 Å². The summed E-state index contributed by atoms with van der Waals surface area (Å²) in [7, 11) is 0. The molecule has 0 radical (unpaired) electrons. The van der Waals surface area contributed by atoms with Crippen LogP contribution in [0.3, 0.4) is 0 Å². The Morgan fingerprint density at radius 3 is 2.67 bits per heavy atom. The third-order valence-electron chi connectivity index (χ3n) is 3.49. The Balaban J connectivity index is 2.30. The maximum absolute atomic E-state index is 10.9. The maximum atomic E-state index is 10.9. The highest BCUT2D eigenvalue weighted by Crippen LogP contribution is 2.29. The van der Waals surface area contributed by atoms with Crippen molar-refractivity contribution in [1.29, 1.82) is 0 Å². The zero-order valence-corrected chi connectivity index (χ0v) is 12.7. The molecule has 2 aromatic carbocycles. The van der Waals surface area contributed by atoms with E-state index in [4.69, 9.17) is 11.6 Å². The SMILES string of the molecule is CCC(Nc1cccc(Cl)c1C)c1cccc([N+](=O)[O-])c1. The summed E-state index contributed by atoms with van der Waals surface area (Å²) in [4.78, 5) is 10.5. The van der Waals surface area contributed by atoms with Crippen LogP contribution in [-0.4, -0.2) is 4.92 Å². The Kier molecular flexibility index (Phi) is 4.81. The van der Waals surface area contributed by atoms with Crippen LogP contribution >= 0.6 is 11.6 Å². The van der Waals surface area contributed by atoms with Crippen LogP contribution in [0.1, 0.15) is 30.5 Å². The van der Waals surface area contributed by atoms with E-state index in [-0.39, 0.29) is 16.7 Å². The number of nitrogens with zero attached hydrogens (tertiary/aromatic N) is 1. The Morgan fingerprint density at radius 2 is 2.00 bits per heavy atom. The van der Waals surface area contributed by atoms with Crippen molar-refractivity contribution >= 4 is 23.0 Å². The van der Waals surface area contributed by atoms with Crippen molar-refractivity contribution in [2.75, 3.05) is 5.32 Å². The van der Waals surface area contributed by atoms with Crippen molar-refractivity contribution in [3.8, 4) is 0 Å². The number of non-ortho nitro benzene ring substituents is 1. The highest BCUT2D eigenvalue weighted by Gasteiger charge is 2.14. The molecular weight excluding hydrogens is 288 g/mol. The molecule has 2 rings (SSSR count). The number of benzene rings is 2. The lowest BCUT2D eigenvalue weighted by Gasteiger charge is -2.20. The molecule has 0 aliphatic carbocycles. The number of nitro groups is 1. The van der Waals surface area contributed by atoms with E-state index in [0.717, 1.165) is 23.2 Å². The third kappa shape index (κ3) is 3.52. The van der Waals surface area contributed by atoms with E-state index in [2.05, 4.69) is 5.32 Å². The Labute approximate surface area is 128 Å². The molecule has 5 heteroatoms. The fraction of sp³-hybridized carbons (Fsp3) is 0.250. The number of hydrogen-bond donors (Lipinski definition) is 1. The van der Waals surface area contributed by atoms with Crippen LogP contribution in [0, 0.1) is 17.0 Å². The van der Waals surface area contributed by atoms with E-state index in [0.29, 0.717) is 5.02 Å². The van der Waals surface area contributed by atoms with Gasteiger partial charge in [-0.1, -0.05) is 36.7 Å². The summed E-state index contributed by atoms with van der Waals surface area (Å²) >= 11 is 6.12. The van der Waals surface area contributed by atoms with Crippen LogP contribution in [0.4, 0.5) is 11.4 Å². The Hall–Kier alpha value is -2.07. The predicted molar refractivity (Wildman–Crippen MR) is 85.9 cm³/mol. The van der Waals surface area contributed by atoms with Crippen LogP contribution in [0.15, 0.2) is 42.5 Å². The molecule has 0 aliphatic rings.